The van der Waals surface area contributed by atoms with Gasteiger partial charge in [-0.15, -0.1) is 0 Å². The second-order valence-corrected chi connectivity index (χ2v) is 10.3. The second-order valence-electron chi connectivity index (χ2n) is 4.86. The molecule has 4 heteroatoms. The quantitative estimate of drug-likeness (QED) is 0.769. The summed E-state index contributed by atoms with van der Waals surface area (Å²) in [5.41, 5.74) is 3.41. The number of hydrogen-bond donors (Lipinski definition) is 1. The standard InChI is InChI=1S/C10H16N3P/c1-14(2,3)7-8-5-4-6-9-10(8)12-13-11-9/h4-6,14H,7H2,1-3H3,(H,11,12,13). The Morgan fingerprint density at radius 1 is 1.29 bits per heavy atom. The van der Waals surface area contributed by atoms with Crippen molar-refractivity contribution < 1.29 is 0 Å². The average molecular weight is 209 g/mol. The second kappa shape index (κ2) is 3.32. The van der Waals surface area contributed by atoms with E-state index in [0.717, 1.165) is 17.2 Å². The molecular weight excluding hydrogens is 193 g/mol. The number of benzene rings is 1. The van der Waals surface area contributed by atoms with Crippen LogP contribution in [-0.4, -0.2) is 35.4 Å². The van der Waals surface area contributed by atoms with Crippen LogP contribution in [0, 0.1) is 0 Å². The third-order valence-corrected chi connectivity index (χ3v) is 3.60. The van der Waals surface area contributed by atoms with E-state index < -0.39 is 7.26 Å². The van der Waals surface area contributed by atoms with Crippen molar-refractivity contribution >= 4 is 18.3 Å². The molecule has 0 saturated heterocycles. The zero-order chi connectivity index (χ0) is 10.2. The van der Waals surface area contributed by atoms with Crippen molar-refractivity contribution in [2.24, 2.45) is 0 Å². The number of rotatable bonds is 2. The third kappa shape index (κ3) is 1.93. The fraction of sp³-hybridized carbons (Fsp3) is 0.400. The summed E-state index contributed by atoms with van der Waals surface area (Å²) in [6, 6.07) is 6.24. The minimum atomic E-state index is -1.07. The SMILES string of the molecule is C[PH](C)(C)Cc1cccc2[nH]nnc12. The molecule has 0 bridgehead atoms. The van der Waals surface area contributed by atoms with Crippen molar-refractivity contribution in [3.05, 3.63) is 23.8 Å². The first-order valence-corrected chi connectivity index (χ1v) is 8.56. The Kier molecular flexibility index (Phi) is 2.28. The molecule has 2 aromatic rings. The van der Waals surface area contributed by atoms with Crippen LogP contribution in [0.3, 0.4) is 0 Å². The molecule has 0 saturated carbocycles. The summed E-state index contributed by atoms with van der Waals surface area (Å²) < 4.78 is 0. The monoisotopic (exact) mass is 209 g/mol. The molecule has 1 aromatic heterocycles. The van der Waals surface area contributed by atoms with Gasteiger partial charge in [-0.1, -0.05) is 0 Å². The maximum atomic E-state index is 4.12. The van der Waals surface area contributed by atoms with Crippen molar-refractivity contribution in [2.45, 2.75) is 6.16 Å². The molecule has 3 nitrogen and oxygen atoms in total. The average Bonchev–Trinajstić information content (AvgIpc) is 2.49. The van der Waals surface area contributed by atoms with Gasteiger partial charge in [-0.05, 0) is 0 Å². The van der Waals surface area contributed by atoms with E-state index in [1.165, 1.54) is 5.56 Å². The van der Waals surface area contributed by atoms with E-state index in [-0.39, 0.29) is 0 Å². The molecule has 0 fully saturated rings. The Morgan fingerprint density at radius 3 is 2.79 bits per heavy atom. The van der Waals surface area contributed by atoms with Gasteiger partial charge >= 0.3 is 83.6 Å². The van der Waals surface area contributed by atoms with Crippen LogP contribution < -0.4 is 0 Å². The van der Waals surface area contributed by atoms with Crippen LogP contribution >= 0.6 is 7.26 Å². The fourth-order valence-electron chi connectivity index (χ4n) is 1.64. The molecule has 0 unspecified atom stereocenters. The van der Waals surface area contributed by atoms with E-state index in [0.29, 0.717) is 0 Å². The Balaban J connectivity index is 2.46. The number of nitrogens with zero attached hydrogens (tertiary/aromatic N) is 2. The molecular formula is C10H16N3P. The van der Waals surface area contributed by atoms with Gasteiger partial charge in [0.05, 0.1) is 0 Å². The number of nitrogens with one attached hydrogen (secondary N) is 1. The zero-order valence-electron chi connectivity index (χ0n) is 8.83. The molecule has 2 rings (SSSR count). The minimum absolute atomic E-state index is 1.04. The summed E-state index contributed by atoms with van der Waals surface area (Å²) >= 11 is 0. The molecule has 0 aliphatic heterocycles. The summed E-state index contributed by atoms with van der Waals surface area (Å²) in [5.74, 6) is 0. The van der Waals surface area contributed by atoms with Crippen molar-refractivity contribution in [1.29, 1.82) is 0 Å². The molecule has 0 amide bonds. The number of H-pyrrole nitrogens is 1. The van der Waals surface area contributed by atoms with Gasteiger partial charge in [-0.2, -0.15) is 0 Å². The third-order valence-electron chi connectivity index (χ3n) is 2.16. The number of fused-ring (bicyclic) bond motifs is 1. The Labute approximate surface area is 84.2 Å². The Hall–Kier alpha value is -0.950. The number of aromatic nitrogens is 3. The van der Waals surface area contributed by atoms with Crippen molar-refractivity contribution in [3.63, 3.8) is 0 Å². The number of aromatic amines is 1. The van der Waals surface area contributed by atoms with E-state index in [9.17, 15) is 0 Å². The molecule has 0 aliphatic rings. The van der Waals surface area contributed by atoms with E-state index in [4.69, 9.17) is 0 Å². The zero-order valence-corrected chi connectivity index (χ0v) is 9.83. The molecule has 1 N–H and O–H groups in total. The van der Waals surface area contributed by atoms with Gasteiger partial charge in [-0.25, -0.2) is 0 Å². The van der Waals surface area contributed by atoms with Crippen LogP contribution in [0.15, 0.2) is 18.2 Å². The van der Waals surface area contributed by atoms with Crippen molar-refractivity contribution in [2.75, 3.05) is 20.0 Å². The normalized spacial score (nSPS) is 13.4. The summed E-state index contributed by atoms with van der Waals surface area (Å²) in [5, 5.41) is 10.9. The summed E-state index contributed by atoms with van der Waals surface area (Å²) in [4.78, 5) is 0. The van der Waals surface area contributed by atoms with Gasteiger partial charge in [0.1, 0.15) is 0 Å². The van der Waals surface area contributed by atoms with E-state index in [1.807, 2.05) is 6.07 Å². The maximum absolute atomic E-state index is 4.12. The molecule has 1 heterocycles. The summed E-state index contributed by atoms with van der Waals surface area (Å²) in [6.45, 7) is 7.10. The van der Waals surface area contributed by atoms with Crippen LogP contribution in [0.2, 0.25) is 0 Å². The van der Waals surface area contributed by atoms with Gasteiger partial charge in [0.25, 0.3) is 0 Å². The molecule has 0 atom stereocenters. The van der Waals surface area contributed by atoms with Crippen LogP contribution in [0.1, 0.15) is 5.56 Å². The van der Waals surface area contributed by atoms with Crippen LogP contribution in [0.25, 0.3) is 11.0 Å². The molecule has 0 spiro atoms. The van der Waals surface area contributed by atoms with E-state index >= 15 is 0 Å². The molecule has 1 aromatic carbocycles. The van der Waals surface area contributed by atoms with E-state index in [1.54, 1.807) is 0 Å². The Morgan fingerprint density at radius 2 is 2.07 bits per heavy atom. The van der Waals surface area contributed by atoms with Crippen LogP contribution in [0.4, 0.5) is 0 Å². The fourth-order valence-corrected chi connectivity index (χ4v) is 3.07. The van der Waals surface area contributed by atoms with Crippen molar-refractivity contribution in [1.82, 2.24) is 15.4 Å². The summed E-state index contributed by atoms with van der Waals surface area (Å²) in [7, 11) is -1.07. The summed E-state index contributed by atoms with van der Waals surface area (Å²) in [6.07, 6.45) is 1.16. The van der Waals surface area contributed by atoms with Crippen LogP contribution in [0.5, 0.6) is 0 Å². The molecule has 14 heavy (non-hydrogen) atoms. The van der Waals surface area contributed by atoms with Crippen LogP contribution in [-0.2, 0) is 6.16 Å². The van der Waals surface area contributed by atoms with Crippen molar-refractivity contribution in [3.8, 4) is 0 Å². The van der Waals surface area contributed by atoms with Gasteiger partial charge in [0, 0.05) is 0 Å². The number of hydrogen-bond acceptors (Lipinski definition) is 2. The molecule has 76 valence electrons. The molecule has 0 aliphatic carbocycles. The Bertz CT molecular complexity index is 442. The first-order chi connectivity index (χ1) is 6.56. The van der Waals surface area contributed by atoms with Gasteiger partial charge in [0.2, 0.25) is 0 Å². The first-order valence-electron chi connectivity index (χ1n) is 4.85. The van der Waals surface area contributed by atoms with Gasteiger partial charge in [0.15, 0.2) is 0 Å². The predicted octanol–water partition coefficient (Wildman–Crippen LogP) is 2.10. The van der Waals surface area contributed by atoms with Gasteiger partial charge in [-0.3, -0.25) is 0 Å². The first kappa shape index (κ1) is 9.60. The van der Waals surface area contributed by atoms with Gasteiger partial charge < -0.3 is 0 Å². The topological polar surface area (TPSA) is 41.6 Å². The predicted molar refractivity (Wildman–Crippen MR) is 63.7 cm³/mol. The van der Waals surface area contributed by atoms with E-state index in [2.05, 4.69) is 47.5 Å². The molecule has 0 radical (unpaired) electrons.